The fourth-order valence-electron chi connectivity index (χ4n) is 6.06. The average Bonchev–Trinajstić information content (AvgIpc) is 2.59. The molecule has 0 amide bonds. The molecule has 168 valence electrons. The van der Waals surface area contributed by atoms with Crippen molar-refractivity contribution in [3.8, 4) is 0 Å². The van der Waals surface area contributed by atoms with Crippen molar-refractivity contribution in [3.05, 3.63) is 0 Å². The van der Waals surface area contributed by atoms with Gasteiger partial charge in [0.15, 0.2) is 0 Å². The van der Waals surface area contributed by atoms with Crippen molar-refractivity contribution < 1.29 is 0 Å². The highest BCUT2D eigenvalue weighted by Gasteiger charge is 2.41. The van der Waals surface area contributed by atoms with Crippen LogP contribution in [0.2, 0.25) is 0 Å². The quantitative estimate of drug-likeness (QED) is 0.694. The summed E-state index contributed by atoms with van der Waals surface area (Å²) in [6, 6.07) is 3.31. The van der Waals surface area contributed by atoms with Crippen molar-refractivity contribution in [1.29, 1.82) is 0 Å². The first kappa shape index (κ1) is 22.0. The molecular weight excluding hydrogens is 356 g/mol. The minimum Gasteiger partial charge on any atom is -0.300 e. The van der Waals surface area contributed by atoms with E-state index in [1.807, 2.05) is 0 Å². The van der Waals surface area contributed by atoms with Crippen LogP contribution >= 0.6 is 0 Å². The van der Waals surface area contributed by atoms with Crippen LogP contribution in [0.25, 0.3) is 0 Å². The van der Waals surface area contributed by atoms with Crippen LogP contribution in [0.15, 0.2) is 0 Å². The zero-order valence-electron chi connectivity index (χ0n) is 20.2. The lowest BCUT2D eigenvalue weighted by Crippen LogP contribution is -2.64. The van der Waals surface area contributed by atoms with Crippen LogP contribution in [0.1, 0.15) is 67.2 Å². The third kappa shape index (κ3) is 4.86. The van der Waals surface area contributed by atoms with E-state index in [1.54, 1.807) is 0 Å². The van der Waals surface area contributed by atoms with Gasteiger partial charge in [0.25, 0.3) is 0 Å². The van der Waals surface area contributed by atoms with Crippen molar-refractivity contribution in [1.82, 2.24) is 19.6 Å². The van der Waals surface area contributed by atoms with Gasteiger partial charge in [-0.05, 0) is 62.9 Å². The first-order valence-corrected chi connectivity index (χ1v) is 12.7. The summed E-state index contributed by atoms with van der Waals surface area (Å²) in [5.74, 6) is 1.69. The number of nitrogens with zero attached hydrogens (tertiary/aromatic N) is 4. The number of hydrogen-bond donors (Lipinski definition) is 0. The van der Waals surface area contributed by atoms with Gasteiger partial charge in [-0.1, -0.05) is 34.6 Å². The van der Waals surface area contributed by atoms with E-state index in [4.69, 9.17) is 0 Å². The van der Waals surface area contributed by atoms with Crippen molar-refractivity contribution >= 4 is 0 Å². The molecule has 4 saturated heterocycles. The lowest BCUT2D eigenvalue weighted by molar-refractivity contribution is -0.0416. The van der Waals surface area contributed by atoms with E-state index in [0.29, 0.717) is 5.41 Å². The Morgan fingerprint density at radius 3 is 1.52 bits per heavy atom. The molecule has 29 heavy (non-hydrogen) atoms. The summed E-state index contributed by atoms with van der Waals surface area (Å²) in [7, 11) is 0. The molecule has 0 saturated carbocycles. The lowest BCUT2D eigenvalue weighted by Gasteiger charge is -2.53. The smallest absolute Gasteiger partial charge is 0.0350 e. The van der Waals surface area contributed by atoms with E-state index >= 15 is 0 Å². The minimum absolute atomic E-state index is 0.496. The van der Waals surface area contributed by atoms with Gasteiger partial charge in [-0.25, -0.2) is 0 Å². The molecule has 4 heteroatoms. The Labute approximate surface area is 181 Å². The Morgan fingerprint density at radius 2 is 1.07 bits per heavy atom. The van der Waals surface area contributed by atoms with E-state index in [1.165, 1.54) is 78.0 Å². The largest absolute Gasteiger partial charge is 0.300 e. The predicted octanol–water partition coefficient (Wildman–Crippen LogP) is 3.62. The van der Waals surface area contributed by atoms with Crippen LogP contribution in [0.3, 0.4) is 0 Å². The Hall–Kier alpha value is -0.160. The topological polar surface area (TPSA) is 13.0 Å². The molecule has 0 aliphatic carbocycles. The van der Waals surface area contributed by atoms with Crippen LogP contribution in [-0.2, 0) is 0 Å². The molecule has 4 rings (SSSR count). The standard InChI is InChI=1S/C25H48N4/c1-19(2)20(3)28-17-24(18-28)27-13-7-22(8-14-27)26-11-9-23(10-12-26)29-15-21(16-29)25(4,5)6/h19-24H,7-18H2,1-6H3. The second-order valence-electron chi connectivity index (χ2n) is 12.1. The van der Waals surface area contributed by atoms with Gasteiger partial charge in [0.2, 0.25) is 0 Å². The molecular formula is C25H48N4. The summed E-state index contributed by atoms with van der Waals surface area (Å²) < 4.78 is 0. The summed E-state index contributed by atoms with van der Waals surface area (Å²) in [4.78, 5) is 11.1. The molecule has 4 fully saturated rings. The number of likely N-dealkylation sites (tertiary alicyclic amines) is 4. The second kappa shape index (κ2) is 8.76. The summed E-state index contributed by atoms with van der Waals surface area (Å²) in [6.07, 6.45) is 5.61. The Bertz CT molecular complexity index is 513. The van der Waals surface area contributed by atoms with Crippen LogP contribution in [-0.4, -0.2) is 96.1 Å². The average molecular weight is 405 g/mol. The maximum absolute atomic E-state index is 2.85. The summed E-state index contributed by atoms with van der Waals surface area (Å²) >= 11 is 0. The van der Waals surface area contributed by atoms with Gasteiger partial charge >= 0.3 is 0 Å². The molecule has 0 aromatic carbocycles. The predicted molar refractivity (Wildman–Crippen MR) is 123 cm³/mol. The van der Waals surface area contributed by atoms with E-state index in [-0.39, 0.29) is 0 Å². The molecule has 0 aromatic heterocycles. The molecule has 0 spiro atoms. The Morgan fingerprint density at radius 1 is 0.621 bits per heavy atom. The van der Waals surface area contributed by atoms with Crippen LogP contribution < -0.4 is 0 Å². The highest BCUT2D eigenvalue weighted by Crippen LogP contribution is 2.36. The van der Waals surface area contributed by atoms with Crippen LogP contribution in [0.5, 0.6) is 0 Å². The van der Waals surface area contributed by atoms with Gasteiger partial charge in [0, 0.05) is 63.4 Å². The first-order valence-electron chi connectivity index (χ1n) is 12.7. The third-order valence-corrected chi connectivity index (χ3v) is 9.11. The minimum atomic E-state index is 0.496. The van der Waals surface area contributed by atoms with Crippen LogP contribution in [0.4, 0.5) is 0 Å². The maximum Gasteiger partial charge on any atom is 0.0350 e. The summed E-state index contributed by atoms with van der Waals surface area (Å²) in [5, 5.41) is 0. The molecule has 0 aromatic rings. The zero-order chi connectivity index (χ0) is 20.8. The van der Waals surface area contributed by atoms with Gasteiger partial charge in [0.1, 0.15) is 0 Å². The monoisotopic (exact) mass is 404 g/mol. The summed E-state index contributed by atoms with van der Waals surface area (Å²) in [6.45, 7) is 25.0. The van der Waals surface area contributed by atoms with E-state index in [0.717, 1.165) is 36.0 Å². The second-order valence-corrected chi connectivity index (χ2v) is 12.1. The molecule has 4 nitrogen and oxygen atoms in total. The molecule has 1 unspecified atom stereocenters. The van der Waals surface area contributed by atoms with Crippen molar-refractivity contribution in [2.24, 2.45) is 17.3 Å². The van der Waals surface area contributed by atoms with E-state index in [9.17, 15) is 0 Å². The van der Waals surface area contributed by atoms with Crippen molar-refractivity contribution in [2.75, 3.05) is 52.4 Å². The van der Waals surface area contributed by atoms with Gasteiger partial charge in [0.05, 0.1) is 0 Å². The molecule has 0 N–H and O–H groups in total. The molecule has 4 aliphatic rings. The maximum atomic E-state index is 2.85. The third-order valence-electron chi connectivity index (χ3n) is 9.11. The number of rotatable bonds is 5. The normalized spacial score (nSPS) is 29.9. The van der Waals surface area contributed by atoms with Gasteiger partial charge in [-0.15, -0.1) is 0 Å². The Balaban J connectivity index is 1.13. The SMILES string of the molecule is CC(C)C(C)N1CC(N2CCC(N3CCC(N4CC(C(C)(C)C)C4)CC3)CC2)C1. The highest BCUT2D eigenvalue weighted by atomic mass is 15.3. The van der Waals surface area contributed by atoms with Crippen LogP contribution in [0, 0.1) is 17.3 Å². The van der Waals surface area contributed by atoms with Gasteiger partial charge in [-0.3, -0.25) is 14.7 Å². The fourth-order valence-corrected chi connectivity index (χ4v) is 6.06. The molecule has 0 bridgehead atoms. The zero-order valence-corrected chi connectivity index (χ0v) is 20.2. The molecule has 4 heterocycles. The molecule has 1 atom stereocenters. The number of hydrogen-bond acceptors (Lipinski definition) is 4. The van der Waals surface area contributed by atoms with Gasteiger partial charge in [-0.2, -0.15) is 0 Å². The lowest BCUT2D eigenvalue weighted by atomic mass is 9.75. The highest BCUT2D eigenvalue weighted by molar-refractivity contribution is 4.96. The molecule has 0 radical (unpaired) electrons. The van der Waals surface area contributed by atoms with Crippen molar-refractivity contribution in [3.63, 3.8) is 0 Å². The molecule has 4 aliphatic heterocycles. The Kier molecular flexibility index (Phi) is 6.66. The first-order chi connectivity index (χ1) is 13.7. The number of piperidine rings is 2. The van der Waals surface area contributed by atoms with E-state index in [2.05, 4.69) is 61.1 Å². The van der Waals surface area contributed by atoms with Gasteiger partial charge < -0.3 is 4.90 Å². The fraction of sp³-hybridized carbons (Fsp3) is 1.00. The van der Waals surface area contributed by atoms with E-state index < -0.39 is 0 Å². The van der Waals surface area contributed by atoms with Crippen molar-refractivity contribution in [2.45, 2.75) is 91.4 Å². The summed E-state index contributed by atoms with van der Waals surface area (Å²) in [5.41, 5.74) is 0.496.